The van der Waals surface area contributed by atoms with Crippen LogP contribution >= 0.6 is 0 Å². The quantitative estimate of drug-likeness (QED) is 0.376. The van der Waals surface area contributed by atoms with Gasteiger partial charge in [0.1, 0.15) is 18.3 Å². The topological polar surface area (TPSA) is 79.2 Å². The first-order valence-corrected chi connectivity index (χ1v) is 10.0. The van der Waals surface area contributed by atoms with Crippen LogP contribution in [0.4, 0.5) is 0 Å². The molecule has 0 spiro atoms. The number of aliphatic hydroxyl groups excluding tert-OH is 3. The summed E-state index contributed by atoms with van der Waals surface area (Å²) in [5.74, 6) is 0. The highest BCUT2D eigenvalue weighted by Crippen LogP contribution is 2.17. The molecule has 0 aromatic rings. The maximum absolute atomic E-state index is 9.79. The number of hydrogen-bond acceptors (Lipinski definition) is 5. The number of aliphatic hydroxyl groups is 3. The number of ether oxygens (including phenoxy) is 2. The highest BCUT2D eigenvalue weighted by molar-refractivity contribution is 5.05. The first-order valence-electron chi connectivity index (χ1n) is 10.0. The number of hydrogen-bond donors (Lipinski definition) is 3. The summed E-state index contributed by atoms with van der Waals surface area (Å²) in [6, 6.07) is 0. The van der Waals surface area contributed by atoms with Crippen LogP contribution in [0.3, 0.4) is 0 Å². The van der Waals surface area contributed by atoms with Gasteiger partial charge in [-0.05, 0) is 66.2 Å². The Morgan fingerprint density at radius 2 is 1.48 bits per heavy atom. The molecule has 1 saturated heterocycles. The standard InChI is InChI=1S/C22H38O5/c1-16(2)9-7-11-18(4)13-8-12-17(3)10-5-6-14-26-22-21(25)20(24)19(23)15-27-22/h9-10,13,19-25H,5-8,11-12,14-15H2,1-4H3/t19-,20+,21-,22+/m1/s1. The molecule has 27 heavy (non-hydrogen) atoms. The van der Waals surface area contributed by atoms with Crippen molar-refractivity contribution < 1.29 is 24.8 Å². The van der Waals surface area contributed by atoms with E-state index in [1.807, 2.05) is 0 Å². The Hall–Kier alpha value is -0.980. The zero-order chi connectivity index (χ0) is 20.2. The Bertz CT molecular complexity index is 505. The molecule has 5 nitrogen and oxygen atoms in total. The minimum Gasteiger partial charge on any atom is -0.388 e. The van der Waals surface area contributed by atoms with Crippen LogP contribution in [0.2, 0.25) is 0 Å². The zero-order valence-corrected chi connectivity index (χ0v) is 17.4. The number of allylic oxidation sites excluding steroid dienone is 6. The van der Waals surface area contributed by atoms with Crippen molar-refractivity contribution in [1.29, 1.82) is 0 Å². The summed E-state index contributed by atoms with van der Waals surface area (Å²) >= 11 is 0. The molecule has 4 atom stereocenters. The summed E-state index contributed by atoms with van der Waals surface area (Å²) in [4.78, 5) is 0. The van der Waals surface area contributed by atoms with E-state index in [4.69, 9.17) is 9.47 Å². The molecule has 0 aromatic carbocycles. The van der Waals surface area contributed by atoms with E-state index in [9.17, 15) is 15.3 Å². The third-order valence-electron chi connectivity index (χ3n) is 4.70. The third-order valence-corrected chi connectivity index (χ3v) is 4.70. The lowest BCUT2D eigenvalue weighted by Crippen LogP contribution is -2.53. The van der Waals surface area contributed by atoms with Crippen molar-refractivity contribution in [3.05, 3.63) is 34.9 Å². The smallest absolute Gasteiger partial charge is 0.186 e. The number of unbranched alkanes of at least 4 members (excludes halogenated alkanes) is 1. The summed E-state index contributed by atoms with van der Waals surface area (Å²) in [6.07, 6.45) is 8.60. The second-order valence-corrected chi connectivity index (χ2v) is 7.72. The van der Waals surface area contributed by atoms with Crippen LogP contribution in [-0.4, -0.2) is 53.1 Å². The van der Waals surface area contributed by atoms with Gasteiger partial charge in [0.2, 0.25) is 0 Å². The van der Waals surface area contributed by atoms with Gasteiger partial charge in [-0.15, -0.1) is 0 Å². The maximum Gasteiger partial charge on any atom is 0.186 e. The zero-order valence-electron chi connectivity index (χ0n) is 17.4. The van der Waals surface area contributed by atoms with Crippen molar-refractivity contribution in [1.82, 2.24) is 0 Å². The lowest BCUT2D eigenvalue weighted by Gasteiger charge is -2.34. The summed E-state index contributed by atoms with van der Waals surface area (Å²) in [6.45, 7) is 9.04. The molecule has 1 rings (SSSR count). The number of rotatable bonds is 11. The highest BCUT2D eigenvalue weighted by atomic mass is 16.7. The van der Waals surface area contributed by atoms with Gasteiger partial charge < -0.3 is 24.8 Å². The predicted molar refractivity (Wildman–Crippen MR) is 108 cm³/mol. The molecule has 1 aliphatic rings. The van der Waals surface area contributed by atoms with Crippen LogP contribution in [0.25, 0.3) is 0 Å². The molecule has 156 valence electrons. The predicted octanol–water partition coefficient (Wildman–Crippen LogP) is 3.64. The molecule has 0 saturated carbocycles. The second kappa shape index (κ2) is 13.2. The van der Waals surface area contributed by atoms with Crippen LogP contribution in [0.15, 0.2) is 34.9 Å². The van der Waals surface area contributed by atoms with Gasteiger partial charge in [0, 0.05) is 0 Å². The van der Waals surface area contributed by atoms with E-state index in [2.05, 4.69) is 45.9 Å². The van der Waals surface area contributed by atoms with Crippen LogP contribution in [0.5, 0.6) is 0 Å². The monoisotopic (exact) mass is 382 g/mol. The van der Waals surface area contributed by atoms with E-state index in [1.165, 1.54) is 16.7 Å². The lowest BCUT2D eigenvalue weighted by atomic mass is 10.1. The fraction of sp³-hybridized carbons (Fsp3) is 0.727. The van der Waals surface area contributed by atoms with Crippen molar-refractivity contribution in [3.8, 4) is 0 Å². The van der Waals surface area contributed by atoms with Crippen molar-refractivity contribution in [2.75, 3.05) is 13.2 Å². The molecule has 1 fully saturated rings. The summed E-state index contributed by atoms with van der Waals surface area (Å²) in [7, 11) is 0. The van der Waals surface area contributed by atoms with Gasteiger partial charge in [-0.1, -0.05) is 34.9 Å². The largest absolute Gasteiger partial charge is 0.388 e. The molecule has 3 N–H and O–H groups in total. The van der Waals surface area contributed by atoms with E-state index in [0.717, 1.165) is 38.5 Å². The van der Waals surface area contributed by atoms with Gasteiger partial charge in [-0.25, -0.2) is 0 Å². The Labute approximate surface area is 164 Å². The maximum atomic E-state index is 9.79. The summed E-state index contributed by atoms with van der Waals surface area (Å²) in [5, 5.41) is 28.8. The molecule has 0 aliphatic carbocycles. The van der Waals surface area contributed by atoms with E-state index in [0.29, 0.717) is 6.61 Å². The minimum atomic E-state index is -1.22. The van der Waals surface area contributed by atoms with Crippen molar-refractivity contribution in [2.45, 2.75) is 90.8 Å². The molecular formula is C22H38O5. The van der Waals surface area contributed by atoms with Gasteiger partial charge in [0.15, 0.2) is 6.29 Å². The Balaban J connectivity index is 2.15. The lowest BCUT2D eigenvalue weighted by molar-refractivity contribution is -0.269. The normalized spacial score (nSPS) is 26.9. The van der Waals surface area contributed by atoms with Gasteiger partial charge in [-0.3, -0.25) is 0 Å². The van der Waals surface area contributed by atoms with Crippen LogP contribution in [0, 0.1) is 0 Å². The summed E-state index contributed by atoms with van der Waals surface area (Å²) < 4.78 is 10.7. The van der Waals surface area contributed by atoms with Gasteiger partial charge in [-0.2, -0.15) is 0 Å². The van der Waals surface area contributed by atoms with E-state index < -0.39 is 24.6 Å². The molecular weight excluding hydrogens is 344 g/mol. The SMILES string of the molecule is CC(C)=CCCC(C)=CCCC(C)=CCCCO[C@H]1OC[C@@H](O)[C@H](O)[C@H]1O. The molecule has 5 heteroatoms. The molecule has 0 radical (unpaired) electrons. The van der Waals surface area contributed by atoms with Crippen molar-refractivity contribution >= 4 is 0 Å². The molecule has 0 unspecified atom stereocenters. The molecule has 1 heterocycles. The van der Waals surface area contributed by atoms with Crippen molar-refractivity contribution in [3.63, 3.8) is 0 Å². The van der Waals surface area contributed by atoms with Crippen molar-refractivity contribution in [2.24, 2.45) is 0 Å². The van der Waals surface area contributed by atoms with Crippen LogP contribution in [0.1, 0.15) is 66.2 Å². The van der Waals surface area contributed by atoms with Gasteiger partial charge in [0.25, 0.3) is 0 Å². The molecule has 0 aromatic heterocycles. The first-order chi connectivity index (χ1) is 12.8. The fourth-order valence-electron chi connectivity index (χ4n) is 2.90. The molecule has 1 aliphatic heterocycles. The highest BCUT2D eigenvalue weighted by Gasteiger charge is 2.37. The Morgan fingerprint density at radius 3 is 2.11 bits per heavy atom. The van der Waals surface area contributed by atoms with Crippen LogP contribution < -0.4 is 0 Å². The van der Waals surface area contributed by atoms with Gasteiger partial charge in [0.05, 0.1) is 13.2 Å². The molecule has 0 bridgehead atoms. The average Bonchev–Trinajstić information content (AvgIpc) is 2.61. The summed E-state index contributed by atoms with van der Waals surface area (Å²) in [5.41, 5.74) is 4.20. The second-order valence-electron chi connectivity index (χ2n) is 7.72. The van der Waals surface area contributed by atoms with E-state index in [1.54, 1.807) is 0 Å². The third kappa shape index (κ3) is 10.2. The average molecular weight is 383 g/mol. The van der Waals surface area contributed by atoms with Gasteiger partial charge >= 0.3 is 0 Å². The Kier molecular flexibility index (Phi) is 11.8. The minimum absolute atomic E-state index is 0.0246. The first kappa shape index (κ1) is 24.1. The van der Waals surface area contributed by atoms with E-state index >= 15 is 0 Å². The van der Waals surface area contributed by atoms with E-state index in [-0.39, 0.29) is 6.61 Å². The Morgan fingerprint density at radius 1 is 0.889 bits per heavy atom. The fourth-order valence-corrected chi connectivity index (χ4v) is 2.90. The van der Waals surface area contributed by atoms with Crippen LogP contribution in [-0.2, 0) is 9.47 Å². The molecule has 0 amide bonds.